The van der Waals surface area contributed by atoms with E-state index in [9.17, 15) is 14.4 Å². The zero-order valence-corrected chi connectivity index (χ0v) is 11.2. The van der Waals surface area contributed by atoms with E-state index < -0.39 is 36.2 Å². The van der Waals surface area contributed by atoms with Gasteiger partial charge in [-0.05, 0) is 12.1 Å². The van der Waals surface area contributed by atoms with Crippen molar-refractivity contribution in [2.45, 2.75) is 24.7 Å². The Morgan fingerprint density at radius 1 is 1.00 bits per heavy atom. The van der Waals surface area contributed by atoms with Crippen LogP contribution in [-0.4, -0.2) is 66.7 Å². The van der Waals surface area contributed by atoms with Gasteiger partial charge in [-0.15, -0.1) is 0 Å². The maximum Gasteiger partial charge on any atom is 0.335 e. The van der Waals surface area contributed by atoms with Crippen molar-refractivity contribution in [3.63, 3.8) is 0 Å². The molecule has 3 atom stereocenters. The van der Waals surface area contributed by atoms with Crippen LogP contribution in [0.2, 0.25) is 0 Å². The number of carboxylic acids is 3. The fourth-order valence-corrected chi connectivity index (χ4v) is 1.10. The molecule has 22 heavy (non-hydrogen) atoms. The monoisotopic (exact) mass is 316 g/mol. The van der Waals surface area contributed by atoms with Crippen LogP contribution in [0.25, 0.3) is 0 Å². The minimum atomic E-state index is -2.27. The summed E-state index contributed by atoms with van der Waals surface area (Å²) in [6.45, 7) is 0. The van der Waals surface area contributed by atoms with Crippen molar-refractivity contribution in [1.29, 1.82) is 0 Å². The molecular weight excluding hydrogens is 300 g/mol. The first-order valence-electron chi connectivity index (χ1n) is 5.86. The highest BCUT2D eigenvalue weighted by molar-refractivity contribution is 5.83. The van der Waals surface area contributed by atoms with Crippen LogP contribution in [0.15, 0.2) is 24.4 Å². The number of rotatable bonds is 6. The van der Waals surface area contributed by atoms with Crippen molar-refractivity contribution in [3.05, 3.63) is 30.1 Å². The maximum atomic E-state index is 10.4. The van der Waals surface area contributed by atoms with E-state index in [0.717, 1.165) is 0 Å². The second-order valence-corrected chi connectivity index (χ2v) is 4.04. The highest BCUT2D eigenvalue weighted by Crippen LogP contribution is 1.97. The van der Waals surface area contributed by atoms with Gasteiger partial charge >= 0.3 is 17.9 Å². The molecule has 1 rings (SSSR count). The third-order valence-electron chi connectivity index (χ3n) is 2.28. The molecule has 0 aromatic carbocycles. The summed E-state index contributed by atoms with van der Waals surface area (Å²) in [4.78, 5) is 33.9. The van der Waals surface area contributed by atoms with E-state index in [0.29, 0.717) is 5.69 Å². The Morgan fingerprint density at radius 2 is 1.50 bits per heavy atom. The van der Waals surface area contributed by atoms with Crippen molar-refractivity contribution in [3.8, 4) is 0 Å². The van der Waals surface area contributed by atoms with Gasteiger partial charge in [-0.25, -0.2) is 9.59 Å². The second-order valence-electron chi connectivity index (χ2n) is 4.04. The van der Waals surface area contributed by atoms with Gasteiger partial charge in [-0.3, -0.25) is 9.78 Å². The number of nitrogens with two attached hydrogens (primary N) is 1. The molecule has 0 aliphatic rings. The summed E-state index contributed by atoms with van der Waals surface area (Å²) in [7, 11) is 0. The van der Waals surface area contributed by atoms with E-state index >= 15 is 0 Å². The summed E-state index contributed by atoms with van der Waals surface area (Å²) < 4.78 is 0. The molecule has 0 fully saturated rings. The quantitative estimate of drug-likeness (QED) is 0.339. The lowest BCUT2D eigenvalue weighted by molar-refractivity contribution is -0.165. The van der Waals surface area contributed by atoms with Gasteiger partial charge in [0.05, 0.1) is 0 Å². The van der Waals surface area contributed by atoms with Crippen LogP contribution in [0.1, 0.15) is 5.69 Å². The lowest BCUT2D eigenvalue weighted by Crippen LogP contribution is -2.39. The van der Waals surface area contributed by atoms with E-state index in [2.05, 4.69) is 4.98 Å². The minimum Gasteiger partial charge on any atom is -0.480 e. The number of aliphatic hydroxyl groups excluding tert-OH is 2. The predicted molar refractivity (Wildman–Crippen MR) is 70.8 cm³/mol. The molecule has 0 radical (unpaired) electrons. The Bertz CT molecular complexity index is 489. The normalized spacial score (nSPS) is 14.0. The molecule has 122 valence electrons. The van der Waals surface area contributed by atoms with Crippen LogP contribution in [0, 0.1) is 0 Å². The predicted octanol–water partition coefficient (Wildman–Crippen LogP) is -2.09. The molecule has 7 N–H and O–H groups in total. The molecule has 0 amide bonds. The molecule has 10 heteroatoms. The van der Waals surface area contributed by atoms with Crippen molar-refractivity contribution >= 4 is 17.9 Å². The van der Waals surface area contributed by atoms with E-state index in [-0.39, 0.29) is 6.42 Å². The van der Waals surface area contributed by atoms with Crippen LogP contribution in [0.4, 0.5) is 0 Å². The third-order valence-corrected chi connectivity index (χ3v) is 2.28. The average Bonchev–Trinajstić information content (AvgIpc) is 2.47. The first-order valence-corrected chi connectivity index (χ1v) is 5.86. The number of aliphatic carboxylic acids is 3. The molecule has 1 aromatic heterocycles. The topological polar surface area (TPSA) is 191 Å². The molecule has 0 aliphatic carbocycles. The number of aliphatic hydroxyl groups is 2. The first kappa shape index (κ1) is 19.4. The minimum absolute atomic E-state index is 0.274. The largest absolute Gasteiger partial charge is 0.480 e. The lowest BCUT2D eigenvalue weighted by atomic mass is 10.1. The van der Waals surface area contributed by atoms with Crippen LogP contribution >= 0.6 is 0 Å². The van der Waals surface area contributed by atoms with E-state index in [1.54, 1.807) is 24.4 Å². The molecule has 0 bridgehead atoms. The van der Waals surface area contributed by atoms with Crippen molar-refractivity contribution in [2.75, 3.05) is 0 Å². The van der Waals surface area contributed by atoms with Crippen molar-refractivity contribution in [2.24, 2.45) is 5.73 Å². The molecule has 0 saturated carbocycles. The molecule has 1 aromatic rings. The summed E-state index contributed by atoms with van der Waals surface area (Å²) in [5.74, 6) is -4.54. The number of nitrogens with zero attached hydrogens (tertiary/aromatic N) is 1. The summed E-state index contributed by atoms with van der Waals surface area (Å²) in [5, 5.41) is 41.0. The Kier molecular flexibility index (Phi) is 8.30. The molecule has 2 unspecified atom stereocenters. The number of carbonyl (C=O) groups is 3. The van der Waals surface area contributed by atoms with Gasteiger partial charge in [0.1, 0.15) is 6.04 Å². The highest BCUT2D eigenvalue weighted by atomic mass is 16.4. The van der Waals surface area contributed by atoms with Gasteiger partial charge in [0, 0.05) is 18.3 Å². The maximum absolute atomic E-state index is 10.4. The van der Waals surface area contributed by atoms with Gasteiger partial charge in [0.25, 0.3) is 0 Å². The fourth-order valence-electron chi connectivity index (χ4n) is 1.10. The van der Waals surface area contributed by atoms with Crippen LogP contribution < -0.4 is 5.73 Å². The summed E-state index contributed by atoms with van der Waals surface area (Å²) in [5.41, 5.74) is 6.01. The van der Waals surface area contributed by atoms with E-state index in [1.807, 2.05) is 0 Å². The number of pyridine rings is 1. The summed E-state index contributed by atoms with van der Waals surface area (Å²) in [6.07, 6.45) is -2.64. The van der Waals surface area contributed by atoms with Gasteiger partial charge < -0.3 is 31.3 Å². The fraction of sp³-hybridized carbons (Fsp3) is 0.333. The zero-order valence-electron chi connectivity index (χ0n) is 11.2. The Hall–Kier alpha value is -2.56. The molecule has 1 heterocycles. The Balaban J connectivity index is 0.000000409. The number of aromatic nitrogens is 1. The molecular formula is C12H16N2O8. The molecule has 0 spiro atoms. The van der Waals surface area contributed by atoms with Gasteiger partial charge in [0.15, 0.2) is 12.2 Å². The van der Waals surface area contributed by atoms with E-state index in [1.165, 1.54) is 0 Å². The van der Waals surface area contributed by atoms with Crippen molar-refractivity contribution < 1.29 is 39.9 Å². The standard InChI is InChI=1S/C8H10N2O2.C4H6O6/c9-7(8(11)12)5-6-3-1-2-4-10-6;5-1(3(7)8)2(6)4(9)10/h1-4,7H,5,9H2,(H,11,12);1-2,5-6H,(H,7,8)(H,9,10)/t7-;/m0./s1. The number of hydrogen-bond acceptors (Lipinski definition) is 7. The van der Waals surface area contributed by atoms with Crippen molar-refractivity contribution in [1.82, 2.24) is 4.98 Å². The number of carboxylic acid groups (broad SMARTS) is 3. The lowest BCUT2D eigenvalue weighted by Gasteiger charge is -2.07. The molecule has 0 saturated heterocycles. The van der Waals surface area contributed by atoms with Gasteiger partial charge in [0.2, 0.25) is 0 Å². The summed E-state index contributed by atoms with van der Waals surface area (Å²) >= 11 is 0. The first-order chi connectivity index (χ1) is 10.2. The SMILES string of the molecule is N[C@@H](Cc1ccccn1)C(=O)O.O=C(O)C(O)C(O)C(=O)O. The van der Waals surface area contributed by atoms with Gasteiger partial charge in [-0.2, -0.15) is 0 Å². The van der Waals surface area contributed by atoms with Crippen LogP contribution in [0.5, 0.6) is 0 Å². The second kappa shape index (κ2) is 9.39. The third kappa shape index (κ3) is 7.28. The molecule has 10 nitrogen and oxygen atoms in total. The highest BCUT2D eigenvalue weighted by Gasteiger charge is 2.29. The average molecular weight is 316 g/mol. The van der Waals surface area contributed by atoms with Crippen LogP contribution in [-0.2, 0) is 20.8 Å². The van der Waals surface area contributed by atoms with Gasteiger partial charge in [-0.1, -0.05) is 6.07 Å². The smallest absolute Gasteiger partial charge is 0.335 e. The Labute approximate surface area is 124 Å². The Morgan fingerprint density at radius 3 is 1.82 bits per heavy atom. The van der Waals surface area contributed by atoms with Crippen LogP contribution in [0.3, 0.4) is 0 Å². The zero-order chi connectivity index (χ0) is 17.3. The number of hydrogen-bond donors (Lipinski definition) is 6. The van der Waals surface area contributed by atoms with E-state index in [4.69, 9.17) is 31.3 Å². The summed E-state index contributed by atoms with van der Waals surface area (Å²) in [6, 6.07) is 4.47. The molecule has 0 aliphatic heterocycles.